The Labute approximate surface area is 148 Å². The standard InChI is InChI=1S/C16H18F6N2.ClH/c1-9(24-7-11-5-23-6-12(11)8-24)10-2-13(15(17,18)19)4-14(3-10)16(20,21)22;/h2-4,9,11-12,23H,5-8H2,1H3;1H/t9?,11-,12+;. The van der Waals surface area contributed by atoms with E-state index in [2.05, 4.69) is 5.32 Å². The number of alkyl halides is 6. The predicted molar refractivity (Wildman–Crippen MR) is 83.5 cm³/mol. The number of rotatable bonds is 2. The van der Waals surface area contributed by atoms with Gasteiger partial charge in [0.15, 0.2) is 0 Å². The van der Waals surface area contributed by atoms with Crippen molar-refractivity contribution in [2.24, 2.45) is 11.8 Å². The van der Waals surface area contributed by atoms with Gasteiger partial charge >= 0.3 is 12.4 Å². The molecule has 1 unspecified atom stereocenters. The van der Waals surface area contributed by atoms with E-state index in [0.29, 0.717) is 24.9 Å². The number of halogens is 7. The first-order chi connectivity index (χ1) is 11.1. The summed E-state index contributed by atoms with van der Waals surface area (Å²) in [5.41, 5.74) is -2.44. The molecular weight excluding hydrogens is 370 g/mol. The van der Waals surface area contributed by atoms with Crippen LogP contribution in [0.25, 0.3) is 0 Å². The Balaban J connectivity index is 0.00000225. The Kier molecular flexibility index (Phi) is 5.66. The molecule has 3 atom stereocenters. The highest BCUT2D eigenvalue weighted by molar-refractivity contribution is 5.85. The van der Waals surface area contributed by atoms with Gasteiger partial charge in [-0.15, -0.1) is 12.4 Å². The van der Waals surface area contributed by atoms with Gasteiger partial charge in [-0.1, -0.05) is 0 Å². The highest BCUT2D eigenvalue weighted by Crippen LogP contribution is 2.39. The molecule has 9 heteroatoms. The minimum atomic E-state index is -4.80. The van der Waals surface area contributed by atoms with Gasteiger partial charge in [-0.25, -0.2) is 0 Å². The van der Waals surface area contributed by atoms with Gasteiger partial charge in [0.2, 0.25) is 0 Å². The average molecular weight is 389 g/mol. The second-order valence-electron chi connectivity index (χ2n) is 6.65. The van der Waals surface area contributed by atoms with Crippen molar-refractivity contribution in [1.82, 2.24) is 10.2 Å². The molecule has 2 heterocycles. The molecule has 142 valence electrons. The molecular formula is C16H19ClF6N2. The number of likely N-dealkylation sites (tertiary alicyclic amines) is 1. The van der Waals surface area contributed by atoms with Crippen LogP contribution in [-0.2, 0) is 12.4 Å². The molecule has 1 aromatic carbocycles. The lowest BCUT2D eigenvalue weighted by Gasteiger charge is -2.27. The van der Waals surface area contributed by atoms with Crippen molar-refractivity contribution in [2.45, 2.75) is 25.3 Å². The average Bonchev–Trinajstić information content (AvgIpc) is 3.05. The number of benzene rings is 1. The summed E-state index contributed by atoms with van der Waals surface area (Å²) in [4.78, 5) is 1.98. The van der Waals surface area contributed by atoms with Gasteiger partial charge in [-0.05, 0) is 55.6 Å². The van der Waals surface area contributed by atoms with E-state index >= 15 is 0 Å². The summed E-state index contributed by atoms with van der Waals surface area (Å²) in [5.74, 6) is 0.834. The highest BCUT2D eigenvalue weighted by atomic mass is 35.5. The zero-order valence-electron chi connectivity index (χ0n) is 13.4. The molecule has 3 rings (SSSR count). The van der Waals surface area contributed by atoms with Crippen LogP contribution in [0.15, 0.2) is 18.2 Å². The van der Waals surface area contributed by atoms with Crippen LogP contribution < -0.4 is 5.32 Å². The van der Waals surface area contributed by atoms with Crippen molar-refractivity contribution in [3.8, 4) is 0 Å². The van der Waals surface area contributed by atoms with Crippen LogP contribution in [0.4, 0.5) is 26.3 Å². The Morgan fingerprint density at radius 1 is 0.920 bits per heavy atom. The molecule has 0 aliphatic carbocycles. The lowest BCUT2D eigenvalue weighted by Crippen LogP contribution is -2.29. The fraction of sp³-hybridized carbons (Fsp3) is 0.625. The third-order valence-corrected chi connectivity index (χ3v) is 5.06. The van der Waals surface area contributed by atoms with Crippen LogP contribution >= 0.6 is 12.4 Å². The third-order valence-electron chi connectivity index (χ3n) is 5.06. The van der Waals surface area contributed by atoms with Gasteiger partial charge in [0.1, 0.15) is 0 Å². The van der Waals surface area contributed by atoms with Crippen LogP contribution in [0, 0.1) is 11.8 Å². The molecule has 0 amide bonds. The molecule has 2 fully saturated rings. The zero-order chi connectivity index (χ0) is 17.7. The van der Waals surface area contributed by atoms with E-state index < -0.39 is 29.5 Å². The van der Waals surface area contributed by atoms with Crippen molar-refractivity contribution in [1.29, 1.82) is 0 Å². The van der Waals surface area contributed by atoms with Gasteiger partial charge in [-0.2, -0.15) is 26.3 Å². The number of fused-ring (bicyclic) bond motifs is 1. The molecule has 0 radical (unpaired) electrons. The Morgan fingerprint density at radius 3 is 1.76 bits per heavy atom. The van der Waals surface area contributed by atoms with Gasteiger partial charge < -0.3 is 5.32 Å². The first-order valence-corrected chi connectivity index (χ1v) is 7.80. The molecule has 2 aliphatic heterocycles. The zero-order valence-corrected chi connectivity index (χ0v) is 14.2. The summed E-state index contributed by atoms with van der Waals surface area (Å²) >= 11 is 0. The molecule has 0 saturated carbocycles. The minimum absolute atomic E-state index is 0. The van der Waals surface area contributed by atoms with Gasteiger partial charge in [0.25, 0.3) is 0 Å². The SMILES string of the molecule is CC(c1cc(C(F)(F)F)cc(C(F)(F)F)c1)N1C[C@H]2CNC[C@H]2C1.Cl. The van der Waals surface area contributed by atoms with Crippen LogP contribution in [-0.4, -0.2) is 31.1 Å². The lowest BCUT2D eigenvalue weighted by molar-refractivity contribution is -0.143. The fourth-order valence-corrected chi connectivity index (χ4v) is 3.64. The maximum absolute atomic E-state index is 13.0. The summed E-state index contributed by atoms with van der Waals surface area (Å²) < 4.78 is 77.9. The molecule has 25 heavy (non-hydrogen) atoms. The van der Waals surface area contributed by atoms with E-state index in [1.54, 1.807) is 6.92 Å². The summed E-state index contributed by atoms with van der Waals surface area (Å²) in [6.07, 6.45) is -9.61. The quantitative estimate of drug-likeness (QED) is 0.757. The van der Waals surface area contributed by atoms with Crippen molar-refractivity contribution in [3.63, 3.8) is 0 Å². The highest BCUT2D eigenvalue weighted by Gasteiger charge is 2.40. The number of nitrogens with zero attached hydrogens (tertiary/aromatic N) is 1. The van der Waals surface area contributed by atoms with Gasteiger partial charge in [0, 0.05) is 19.1 Å². The second-order valence-corrected chi connectivity index (χ2v) is 6.65. The summed E-state index contributed by atoms with van der Waals surface area (Å²) in [6.45, 7) is 4.76. The van der Waals surface area contributed by atoms with Crippen LogP contribution in [0.2, 0.25) is 0 Å². The Hall–Kier alpha value is -0.990. The van der Waals surface area contributed by atoms with E-state index in [-0.39, 0.29) is 24.0 Å². The fourth-order valence-electron chi connectivity index (χ4n) is 3.64. The lowest BCUT2D eigenvalue weighted by atomic mass is 9.99. The minimum Gasteiger partial charge on any atom is -0.316 e. The van der Waals surface area contributed by atoms with Gasteiger partial charge in [0.05, 0.1) is 11.1 Å². The van der Waals surface area contributed by atoms with E-state index in [1.807, 2.05) is 4.90 Å². The van der Waals surface area contributed by atoms with Gasteiger partial charge in [-0.3, -0.25) is 4.90 Å². The summed E-state index contributed by atoms with van der Waals surface area (Å²) in [6, 6.07) is 1.37. The third kappa shape index (κ3) is 4.23. The normalized spacial score (nSPS) is 25.6. The predicted octanol–water partition coefficient (Wildman–Crippen LogP) is 4.36. The topological polar surface area (TPSA) is 15.3 Å². The van der Waals surface area contributed by atoms with E-state index in [1.165, 1.54) is 0 Å². The van der Waals surface area contributed by atoms with Crippen LogP contribution in [0.1, 0.15) is 29.7 Å². The Morgan fingerprint density at radius 2 is 1.36 bits per heavy atom. The van der Waals surface area contributed by atoms with E-state index in [9.17, 15) is 26.3 Å². The second kappa shape index (κ2) is 6.96. The summed E-state index contributed by atoms with van der Waals surface area (Å²) in [5, 5.41) is 3.26. The number of hydrogen-bond acceptors (Lipinski definition) is 2. The van der Waals surface area contributed by atoms with Crippen LogP contribution in [0.5, 0.6) is 0 Å². The monoisotopic (exact) mass is 388 g/mol. The largest absolute Gasteiger partial charge is 0.416 e. The van der Waals surface area contributed by atoms with Crippen molar-refractivity contribution >= 4 is 12.4 Å². The molecule has 2 aliphatic rings. The molecule has 1 aromatic rings. The molecule has 2 nitrogen and oxygen atoms in total. The Bertz CT molecular complexity index is 571. The number of nitrogens with one attached hydrogen (secondary N) is 1. The smallest absolute Gasteiger partial charge is 0.316 e. The number of hydrogen-bond donors (Lipinski definition) is 1. The molecule has 0 bridgehead atoms. The van der Waals surface area contributed by atoms with E-state index in [0.717, 1.165) is 25.2 Å². The first kappa shape index (κ1) is 20.3. The maximum Gasteiger partial charge on any atom is 0.416 e. The van der Waals surface area contributed by atoms with Crippen molar-refractivity contribution in [3.05, 3.63) is 34.9 Å². The molecule has 0 aromatic heterocycles. The van der Waals surface area contributed by atoms with Crippen molar-refractivity contribution in [2.75, 3.05) is 26.2 Å². The molecule has 0 spiro atoms. The first-order valence-electron chi connectivity index (χ1n) is 7.80. The van der Waals surface area contributed by atoms with E-state index in [4.69, 9.17) is 0 Å². The molecule has 1 N–H and O–H groups in total. The maximum atomic E-state index is 13.0. The van der Waals surface area contributed by atoms with Crippen LogP contribution in [0.3, 0.4) is 0 Å². The van der Waals surface area contributed by atoms with Crippen molar-refractivity contribution < 1.29 is 26.3 Å². The molecule has 2 saturated heterocycles. The summed E-state index contributed by atoms with van der Waals surface area (Å²) in [7, 11) is 0.